The SMILES string of the molecule is CN(CC1(O)CCCC1)c1c(F)c(F)nc(F)c1F. The third-order valence-electron chi connectivity index (χ3n) is 3.42. The van der Waals surface area contributed by atoms with E-state index in [1.165, 1.54) is 7.05 Å². The highest BCUT2D eigenvalue weighted by Crippen LogP contribution is 2.33. The molecule has 7 heteroatoms. The highest BCUT2D eigenvalue weighted by molar-refractivity contribution is 5.48. The summed E-state index contributed by atoms with van der Waals surface area (Å²) in [6.07, 6.45) is 2.62. The van der Waals surface area contributed by atoms with Crippen LogP contribution in [-0.2, 0) is 0 Å². The molecule has 3 nitrogen and oxygen atoms in total. The summed E-state index contributed by atoms with van der Waals surface area (Å²) >= 11 is 0. The van der Waals surface area contributed by atoms with Crippen LogP contribution in [0.25, 0.3) is 0 Å². The van der Waals surface area contributed by atoms with Gasteiger partial charge in [-0.05, 0) is 12.8 Å². The van der Waals surface area contributed by atoms with Gasteiger partial charge in [-0.3, -0.25) is 0 Å². The van der Waals surface area contributed by atoms with Crippen LogP contribution in [0.4, 0.5) is 23.2 Å². The van der Waals surface area contributed by atoms with Crippen LogP contribution in [0.1, 0.15) is 25.7 Å². The monoisotopic (exact) mass is 278 g/mol. The van der Waals surface area contributed by atoms with Gasteiger partial charge in [0, 0.05) is 13.6 Å². The van der Waals surface area contributed by atoms with E-state index in [9.17, 15) is 22.7 Å². The van der Waals surface area contributed by atoms with Crippen molar-refractivity contribution in [3.8, 4) is 0 Å². The Morgan fingerprint density at radius 2 is 1.58 bits per heavy atom. The van der Waals surface area contributed by atoms with Gasteiger partial charge in [0.2, 0.25) is 11.6 Å². The second-order valence-electron chi connectivity index (χ2n) is 4.96. The molecule has 0 amide bonds. The van der Waals surface area contributed by atoms with Gasteiger partial charge in [-0.25, -0.2) is 0 Å². The maximum Gasteiger partial charge on any atom is 0.253 e. The van der Waals surface area contributed by atoms with Crippen molar-refractivity contribution in [3.05, 3.63) is 23.5 Å². The smallest absolute Gasteiger partial charge is 0.253 e. The molecular formula is C12H14F4N2O. The molecule has 1 fully saturated rings. The predicted octanol–water partition coefficient (Wildman–Crippen LogP) is 2.38. The minimum Gasteiger partial charge on any atom is -0.388 e. The highest BCUT2D eigenvalue weighted by atomic mass is 19.2. The summed E-state index contributed by atoms with van der Waals surface area (Å²) in [7, 11) is 1.27. The zero-order valence-electron chi connectivity index (χ0n) is 10.4. The summed E-state index contributed by atoms with van der Waals surface area (Å²) in [4.78, 5) is 3.48. The first-order valence-corrected chi connectivity index (χ1v) is 5.97. The van der Waals surface area contributed by atoms with Crippen LogP contribution in [0.2, 0.25) is 0 Å². The van der Waals surface area contributed by atoms with E-state index in [1.807, 2.05) is 0 Å². The van der Waals surface area contributed by atoms with Crippen LogP contribution < -0.4 is 4.90 Å². The molecule has 1 aromatic heterocycles. The average Bonchev–Trinajstić information content (AvgIpc) is 2.73. The summed E-state index contributed by atoms with van der Waals surface area (Å²) in [6, 6.07) is 0. The number of aromatic nitrogens is 1. The average molecular weight is 278 g/mol. The number of nitrogens with zero attached hydrogens (tertiary/aromatic N) is 2. The number of likely N-dealkylation sites (N-methyl/N-ethyl adjacent to an activating group) is 1. The van der Waals surface area contributed by atoms with E-state index in [2.05, 4.69) is 4.98 Å². The summed E-state index contributed by atoms with van der Waals surface area (Å²) in [5.41, 5.74) is -1.92. The Bertz CT molecular complexity index is 463. The van der Waals surface area contributed by atoms with Crippen LogP contribution in [0.3, 0.4) is 0 Å². The maximum absolute atomic E-state index is 13.5. The fourth-order valence-electron chi connectivity index (χ4n) is 2.52. The molecule has 0 radical (unpaired) electrons. The predicted molar refractivity (Wildman–Crippen MR) is 60.8 cm³/mol. The second kappa shape index (κ2) is 4.96. The molecule has 2 rings (SSSR count). The summed E-state index contributed by atoms with van der Waals surface area (Å²) in [5.74, 6) is -6.50. The van der Waals surface area contributed by atoms with Crippen LogP contribution >= 0.6 is 0 Å². The van der Waals surface area contributed by atoms with Crippen molar-refractivity contribution in [2.45, 2.75) is 31.3 Å². The molecule has 1 aliphatic rings. The second-order valence-corrected chi connectivity index (χ2v) is 4.96. The largest absolute Gasteiger partial charge is 0.388 e. The number of rotatable bonds is 3. The van der Waals surface area contributed by atoms with Crippen molar-refractivity contribution in [2.75, 3.05) is 18.5 Å². The number of pyridine rings is 1. The molecule has 1 saturated carbocycles. The van der Waals surface area contributed by atoms with Crippen molar-refractivity contribution in [2.24, 2.45) is 0 Å². The first kappa shape index (κ1) is 14.0. The first-order chi connectivity index (χ1) is 8.84. The van der Waals surface area contributed by atoms with Gasteiger partial charge in [0.15, 0.2) is 0 Å². The number of aliphatic hydroxyl groups is 1. The van der Waals surface area contributed by atoms with Gasteiger partial charge in [-0.15, -0.1) is 0 Å². The molecule has 1 aromatic rings. The van der Waals surface area contributed by atoms with Crippen LogP contribution in [0.5, 0.6) is 0 Å². The first-order valence-electron chi connectivity index (χ1n) is 5.97. The molecule has 0 unspecified atom stereocenters. The van der Waals surface area contributed by atoms with Gasteiger partial charge in [-0.1, -0.05) is 12.8 Å². The van der Waals surface area contributed by atoms with Crippen molar-refractivity contribution >= 4 is 5.69 Å². The molecule has 1 N–H and O–H groups in total. The molecule has 19 heavy (non-hydrogen) atoms. The topological polar surface area (TPSA) is 36.4 Å². The standard InChI is InChI=1S/C12H14F4N2O/c1-18(6-12(19)4-2-3-5-12)9-7(13)10(15)17-11(16)8(9)14/h19H,2-6H2,1H3. The third-order valence-corrected chi connectivity index (χ3v) is 3.42. The van der Waals surface area contributed by atoms with Crippen molar-refractivity contribution < 1.29 is 22.7 Å². The molecule has 0 atom stereocenters. The molecule has 106 valence electrons. The van der Waals surface area contributed by atoms with Crippen LogP contribution in [0, 0.1) is 23.5 Å². The molecule has 0 aliphatic heterocycles. The quantitative estimate of drug-likeness (QED) is 0.681. The molecule has 0 spiro atoms. The fraction of sp³-hybridized carbons (Fsp3) is 0.583. The van der Waals surface area contributed by atoms with Gasteiger partial charge in [0.05, 0.1) is 5.60 Å². The molecule has 1 heterocycles. The molecule has 0 aromatic carbocycles. The lowest BCUT2D eigenvalue weighted by Gasteiger charge is -2.30. The van der Waals surface area contributed by atoms with Crippen molar-refractivity contribution in [1.29, 1.82) is 0 Å². The lowest BCUT2D eigenvalue weighted by Crippen LogP contribution is -2.40. The van der Waals surface area contributed by atoms with E-state index in [1.54, 1.807) is 0 Å². The van der Waals surface area contributed by atoms with E-state index in [4.69, 9.17) is 0 Å². The number of hydrogen-bond acceptors (Lipinski definition) is 3. The van der Waals surface area contributed by atoms with Gasteiger partial charge >= 0.3 is 0 Å². The van der Waals surface area contributed by atoms with Crippen molar-refractivity contribution in [1.82, 2.24) is 4.98 Å². The summed E-state index contributed by atoms with van der Waals surface area (Å²) in [6.45, 7) is -0.0935. The van der Waals surface area contributed by atoms with Gasteiger partial charge in [0.1, 0.15) is 5.69 Å². The van der Waals surface area contributed by atoms with E-state index in [0.29, 0.717) is 12.8 Å². The molecular weight excluding hydrogens is 264 g/mol. The lowest BCUT2D eigenvalue weighted by molar-refractivity contribution is 0.0556. The molecule has 0 bridgehead atoms. The molecule has 0 saturated heterocycles. The molecule has 1 aliphatic carbocycles. The van der Waals surface area contributed by atoms with Crippen molar-refractivity contribution in [3.63, 3.8) is 0 Å². The Balaban J connectivity index is 2.31. The minimum absolute atomic E-state index is 0.0935. The maximum atomic E-state index is 13.5. The summed E-state index contributed by atoms with van der Waals surface area (Å²) < 4.78 is 53.1. The lowest BCUT2D eigenvalue weighted by atomic mass is 10.0. The third kappa shape index (κ3) is 2.65. The Labute approximate surface area is 107 Å². The number of hydrogen-bond donors (Lipinski definition) is 1. The zero-order valence-corrected chi connectivity index (χ0v) is 10.4. The van der Waals surface area contributed by atoms with E-state index in [0.717, 1.165) is 17.7 Å². The summed E-state index contributed by atoms with van der Waals surface area (Å²) in [5, 5.41) is 10.2. The number of halogens is 4. The van der Waals surface area contributed by atoms with E-state index in [-0.39, 0.29) is 6.54 Å². The Morgan fingerprint density at radius 3 is 2.05 bits per heavy atom. The Hall–Kier alpha value is -1.37. The Kier molecular flexibility index (Phi) is 3.66. The van der Waals surface area contributed by atoms with E-state index >= 15 is 0 Å². The zero-order chi connectivity index (χ0) is 14.2. The van der Waals surface area contributed by atoms with Gasteiger partial charge in [0.25, 0.3) is 11.9 Å². The Morgan fingerprint density at radius 1 is 1.11 bits per heavy atom. The highest BCUT2D eigenvalue weighted by Gasteiger charge is 2.34. The fourth-order valence-corrected chi connectivity index (χ4v) is 2.52. The normalized spacial score (nSPS) is 17.8. The van der Waals surface area contributed by atoms with Gasteiger partial charge < -0.3 is 10.0 Å². The number of anilines is 1. The van der Waals surface area contributed by atoms with E-state index < -0.39 is 34.8 Å². The van der Waals surface area contributed by atoms with Crippen LogP contribution in [-0.4, -0.2) is 29.3 Å². The van der Waals surface area contributed by atoms with Gasteiger partial charge in [-0.2, -0.15) is 22.5 Å². The minimum atomic E-state index is -1.70. The van der Waals surface area contributed by atoms with Crippen LogP contribution in [0.15, 0.2) is 0 Å².